The second kappa shape index (κ2) is 8.31. The molecule has 0 unspecified atom stereocenters. The zero-order valence-electron chi connectivity index (χ0n) is 16.6. The Balaban J connectivity index is 1.32. The van der Waals surface area contributed by atoms with Crippen LogP contribution in [0.1, 0.15) is 32.1 Å². The third-order valence-corrected chi connectivity index (χ3v) is 7.92. The van der Waals surface area contributed by atoms with Gasteiger partial charge in [0.1, 0.15) is 0 Å². The molecule has 30 heavy (non-hydrogen) atoms. The SMILES string of the molecule is O=C(CCN1C(=O)[C@H]2CC=CC[C@H]2C1=O)Nc1ccc(S(=O)(=O)N2CCCC2)cc1. The van der Waals surface area contributed by atoms with E-state index in [1.807, 2.05) is 12.2 Å². The molecule has 0 spiro atoms. The first kappa shape index (κ1) is 20.7. The minimum Gasteiger partial charge on any atom is -0.326 e. The number of likely N-dealkylation sites (tertiary alicyclic amines) is 1. The number of benzene rings is 1. The second-order valence-electron chi connectivity index (χ2n) is 7.92. The average molecular weight is 432 g/mol. The molecule has 4 rings (SSSR count). The van der Waals surface area contributed by atoms with Crippen molar-refractivity contribution < 1.29 is 22.8 Å². The number of amides is 3. The van der Waals surface area contributed by atoms with Crippen molar-refractivity contribution in [3.05, 3.63) is 36.4 Å². The van der Waals surface area contributed by atoms with Crippen molar-refractivity contribution in [3.63, 3.8) is 0 Å². The van der Waals surface area contributed by atoms with E-state index in [2.05, 4.69) is 5.32 Å². The Labute approximate surface area is 176 Å². The summed E-state index contributed by atoms with van der Waals surface area (Å²) >= 11 is 0. The highest BCUT2D eigenvalue weighted by molar-refractivity contribution is 7.89. The minimum absolute atomic E-state index is 0.00181. The van der Waals surface area contributed by atoms with Crippen molar-refractivity contribution >= 4 is 33.4 Å². The second-order valence-corrected chi connectivity index (χ2v) is 9.86. The molecular weight excluding hydrogens is 406 g/mol. The molecule has 2 heterocycles. The monoisotopic (exact) mass is 431 g/mol. The van der Waals surface area contributed by atoms with Gasteiger partial charge in [0.25, 0.3) is 0 Å². The molecule has 1 aromatic rings. The Bertz CT molecular complexity index is 954. The van der Waals surface area contributed by atoms with Crippen molar-refractivity contribution in [2.75, 3.05) is 25.0 Å². The Kier molecular flexibility index (Phi) is 5.75. The summed E-state index contributed by atoms with van der Waals surface area (Å²) < 4.78 is 26.6. The van der Waals surface area contributed by atoms with Gasteiger partial charge in [-0.05, 0) is 49.9 Å². The van der Waals surface area contributed by atoms with Gasteiger partial charge in [0, 0.05) is 31.7 Å². The van der Waals surface area contributed by atoms with E-state index in [0.717, 1.165) is 12.8 Å². The van der Waals surface area contributed by atoms with Gasteiger partial charge in [-0.15, -0.1) is 0 Å². The maximum atomic E-state index is 12.6. The zero-order chi connectivity index (χ0) is 21.3. The van der Waals surface area contributed by atoms with Crippen LogP contribution >= 0.6 is 0 Å². The number of hydrogen-bond acceptors (Lipinski definition) is 5. The van der Waals surface area contributed by atoms with Crippen LogP contribution in [0, 0.1) is 11.8 Å². The predicted molar refractivity (Wildman–Crippen MR) is 110 cm³/mol. The number of carbonyl (C=O) groups excluding carboxylic acids is 3. The van der Waals surface area contributed by atoms with Gasteiger partial charge in [-0.2, -0.15) is 4.31 Å². The van der Waals surface area contributed by atoms with E-state index in [9.17, 15) is 22.8 Å². The lowest BCUT2D eigenvalue weighted by atomic mass is 9.85. The Morgan fingerprint density at radius 2 is 1.53 bits per heavy atom. The Hall–Kier alpha value is -2.52. The number of nitrogens with one attached hydrogen (secondary N) is 1. The summed E-state index contributed by atoms with van der Waals surface area (Å²) in [6.45, 7) is 1.12. The molecule has 3 aliphatic rings. The van der Waals surface area contributed by atoms with E-state index in [-0.39, 0.29) is 47.4 Å². The first-order valence-electron chi connectivity index (χ1n) is 10.3. The highest BCUT2D eigenvalue weighted by Crippen LogP contribution is 2.35. The highest BCUT2D eigenvalue weighted by Gasteiger charge is 2.46. The van der Waals surface area contributed by atoms with Crippen molar-refractivity contribution in [1.82, 2.24) is 9.21 Å². The standard InChI is InChI=1S/C21H25N3O5S/c25-19(11-14-24-20(26)17-5-1-2-6-18(17)21(24)27)22-15-7-9-16(10-8-15)30(28,29)23-12-3-4-13-23/h1-2,7-10,17-18H,3-6,11-14H2,(H,22,25)/t17-,18+. The van der Waals surface area contributed by atoms with Crippen molar-refractivity contribution in [2.24, 2.45) is 11.8 Å². The molecule has 2 atom stereocenters. The van der Waals surface area contributed by atoms with Crippen LogP contribution in [0.5, 0.6) is 0 Å². The van der Waals surface area contributed by atoms with Crippen LogP contribution in [-0.4, -0.2) is 55.0 Å². The smallest absolute Gasteiger partial charge is 0.243 e. The number of fused-ring (bicyclic) bond motifs is 1. The lowest BCUT2D eigenvalue weighted by molar-refractivity contribution is -0.140. The van der Waals surface area contributed by atoms with E-state index in [4.69, 9.17) is 0 Å². The molecule has 1 aliphatic carbocycles. The van der Waals surface area contributed by atoms with Crippen molar-refractivity contribution in [2.45, 2.75) is 37.0 Å². The van der Waals surface area contributed by atoms with Gasteiger partial charge in [-0.3, -0.25) is 19.3 Å². The van der Waals surface area contributed by atoms with E-state index in [1.165, 1.54) is 21.3 Å². The molecular formula is C21H25N3O5S. The van der Waals surface area contributed by atoms with Gasteiger partial charge in [-0.1, -0.05) is 12.2 Å². The van der Waals surface area contributed by atoms with Crippen LogP contribution in [0.2, 0.25) is 0 Å². The highest BCUT2D eigenvalue weighted by atomic mass is 32.2. The van der Waals surface area contributed by atoms with Crippen LogP contribution in [0.15, 0.2) is 41.3 Å². The minimum atomic E-state index is -3.49. The van der Waals surface area contributed by atoms with E-state index >= 15 is 0 Å². The fourth-order valence-corrected chi connectivity index (χ4v) is 5.83. The van der Waals surface area contributed by atoms with Gasteiger partial charge >= 0.3 is 0 Å². The summed E-state index contributed by atoms with van der Waals surface area (Å²) in [4.78, 5) is 38.6. The summed E-state index contributed by atoms with van der Waals surface area (Å²) in [5.74, 6) is -1.32. The Morgan fingerprint density at radius 1 is 0.967 bits per heavy atom. The number of nitrogens with zero attached hydrogens (tertiary/aromatic N) is 2. The molecule has 0 aromatic heterocycles. The fraction of sp³-hybridized carbons (Fsp3) is 0.476. The van der Waals surface area contributed by atoms with Crippen molar-refractivity contribution in [1.29, 1.82) is 0 Å². The summed E-state index contributed by atoms with van der Waals surface area (Å²) in [5, 5.41) is 2.70. The molecule has 1 N–H and O–H groups in total. The van der Waals surface area contributed by atoms with Crippen LogP contribution in [-0.2, 0) is 24.4 Å². The number of sulfonamides is 1. The number of imide groups is 1. The van der Waals surface area contributed by atoms with Crippen LogP contribution in [0.4, 0.5) is 5.69 Å². The molecule has 3 amide bonds. The molecule has 0 bridgehead atoms. The van der Waals surface area contributed by atoms with E-state index in [0.29, 0.717) is 31.6 Å². The molecule has 2 saturated heterocycles. The molecule has 2 aliphatic heterocycles. The fourth-order valence-electron chi connectivity index (χ4n) is 4.31. The first-order chi connectivity index (χ1) is 14.4. The number of anilines is 1. The van der Waals surface area contributed by atoms with E-state index < -0.39 is 10.0 Å². The number of allylic oxidation sites excluding steroid dienone is 2. The molecule has 0 radical (unpaired) electrons. The summed E-state index contributed by atoms with van der Waals surface area (Å²) in [7, 11) is -3.49. The van der Waals surface area contributed by atoms with Gasteiger partial charge < -0.3 is 5.32 Å². The third kappa shape index (κ3) is 3.91. The predicted octanol–water partition coefficient (Wildman–Crippen LogP) is 1.75. The van der Waals surface area contributed by atoms with Crippen LogP contribution in [0.25, 0.3) is 0 Å². The van der Waals surface area contributed by atoms with Gasteiger partial charge in [0.15, 0.2) is 0 Å². The maximum absolute atomic E-state index is 12.6. The van der Waals surface area contributed by atoms with Crippen molar-refractivity contribution in [3.8, 4) is 0 Å². The maximum Gasteiger partial charge on any atom is 0.243 e. The third-order valence-electron chi connectivity index (χ3n) is 6.00. The summed E-state index contributed by atoms with van der Waals surface area (Å²) in [6, 6.07) is 6.06. The normalized spacial score (nSPS) is 24.3. The number of rotatable bonds is 6. The number of hydrogen-bond donors (Lipinski definition) is 1. The molecule has 0 saturated carbocycles. The first-order valence-corrected chi connectivity index (χ1v) is 11.7. The van der Waals surface area contributed by atoms with E-state index in [1.54, 1.807) is 12.1 Å². The number of carbonyl (C=O) groups is 3. The Morgan fingerprint density at radius 3 is 2.10 bits per heavy atom. The molecule has 2 fully saturated rings. The van der Waals surface area contributed by atoms with Crippen LogP contribution < -0.4 is 5.32 Å². The summed E-state index contributed by atoms with van der Waals surface area (Å²) in [5.41, 5.74) is 0.470. The lowest BCUT2D eigenvalue weighted by Crippen LogP contribution is -2.34. The van der Waals surface area contributed by atoms with Gasteiger partial charge in [-0.25, -0.2) is 8.42 Å². The van der Waals surface area contributed by atoms with Gasteiger partial charge in [0.2, 0.25) is 27.7 Å². The van der Waals surface area contributed by atoms with Gasteiger partial charge in [0.05, 0.1) is 16.7 Å². The topological polar surface area (TPSA) is 104 Å². The zero-order valence-corrected chi connectivity index (χ0v) is 17.4. The quantitative estimate of drug-likeness (QED) is 0.546. The van der Waals surface area contributed by atoms with Crippen LogP contribution in [0.3, 0.4) is 0 Å². The molecule has 1 aromatic carbocycles. The molecule has 8 nitrogen and oxygen atoms in total. The summed E-state index contributed by atoms with van der Waals surface area (Å²) in [6.07, 6.45) is 6.74. The average Bonchev–Trinajstić information content (AvgIpc) is 3.36. The lowest BCUT2D eigenvalue weighted by Gasteiger charge is -2.16. The molecule has 9 heteroatoms. The molecule has 160 valence electrons. The largest absolute Gasteiger partial charge is 0.326 e.